The Bertz CT molecular complexity index is 696. The van der Waals surface area contributed by atoms with Gasteiger partial charge in [-0.15, -0.1) is 11.3 Å². The molecule has 0 radical (unpaired) electrons. The second-order valence-corrected chi connectivity index (χ2v) is 6.11. The van der Waals surface area contributed by atoms with Crippen LogP contribution in [0.5, 0.6) is 5.75 Å². The molecule has 0 saturated heterocycles. The van der Waals surface area contributed by atoms with E-state index in [1.165, 1.54) is 0 Å². The van der Waals surface area contributed by atoms with E-state index in [0.29, 0.717) is 13.1 Å². The number of anilines is 1. The van der Waals surface area contributed by atoms with Crippen LogP contribution in [0.1, 0.15) is 16.8 Å². The summed E-state index contributed by atoms with van der Waals surface area (Å²) in [4.78, 5) is 19.4. The number of carbonyl (C=O) groups excluding carboxylic acids is 1. The number of aromatic nitrogens is 1. The Morgan fingerprint density at radius 2 is 2.29 bits per heavy atom. The first-order valence-electron chi connectivity index (χ1n) is 6.88. The van der Waals surface area contributed by atoms with Crippen LogP contribution in [0.2, 0.25) is 0 Å². The lowest BCUT2D eigenvalue weighted by Crippen LogP contribution is -2.38. The predicted octanol–water partition coefficient (Wildman–Crippen LogP) is 2.32. The fraction of sp³-hybridized carbons (Fsp3) is 0.333. The van der Waals surface area contributed by atoms with E-state index in [4.69, 9.17) is 10.5 Å². The van der Waals surface area contributed by atoms with Crippen LogP contribution in [0, 0.1) is 6.92 Å². The molecule has 0 spiro atoms. The third-order valence-electron chi connectivity index (χ3n) is 3.51. The molecule has 2 heterocycles. The van der Waals surface area contributed by atoms with Crippen LogP contribution in [0.25, 0.3) is 11.3 Å². The molecule has 21 heavy (non-hydrogen) atoms. The number of rotatable bonds is 3. The van der Waals surface area contributed by atoms with Crippen LogP contribution in [0.15, 0.2) is 18.2 Å². The summed E-state index contributed by atoms with van der Waals surface area (Å²) in [6.07, 6.45) is 0. The standard InChI is InChI=1S/C15H17N3O2S/c1-3-18-11-6-10(4-5-12(11)20-8-14(18)19)15-9(2)21-13(7-16)17-15/h4-6H,3,7-8,16H2,1-2H3. The van der Waals surface area contributed by atoms with Crippen molar-refractivity contribution in [3.8, 4) is 17.0 Å². The highest BCUT2D eigenvalue weighted by atomic mass is 32.1. The molecular weight excluding hydrogens is 286 g/mol. The topological polar surface area (TPSA) is 68.5 Å². The Labute approximate surface area is 127 Å². The first kappa shape index (κ1) is 14.0. The van der Waals surface area contributed by atoms with Crippen LogP contribution in [-0.2, 0) is 11.3 Å². The minimum Gasteiger partial charge on any atom is -0.482 e. The van der Waals surface area contributed by atoms with Gasteiger partial charge in [-0.05, 0) is 32.0 Å². The zero-order valence-electron chi connectivity index (χ0n) is 12.0. The molecule has 1 amide bonds. The quantitative estimate of drug-likeness (QED) is 0.945. The number of ether oxygens (including phenoxy) is 1. The summed E-state index contributed by atoms with van der Waals surface area (Å²) in [5.74, 6) is 0.729. The van der Waals surface area contributed by atoms with Gasteiger partial charge in [0.05, 0.1) is 11.4 Å². The molecule has 2 N–H and O–H groups in total. The van der Waals surface area contributed by atoms with Gasteiger partial charge in [-0.3, -0.25) is 4.79 Å². The number of nitrogens with zero attached hydrogens (tertiary/aromatic N) is 2. The minimum absolute atomic E-state index is 0.0141. The summed E-state index contributed by atoms with van der Waals surface area (Å²) in [5, 5.41) is 0.917. The maximum Gasteiger partial charge on any atom is 0.265 e. The summed E-state index contributed by atoms with van der Waals surface area (Å²) in [6, 6.07) is 5.85. The third kappa shape index (κ3) is 2.41. The van der Waals surface area contributed by atoms with E-state index in [0.717, 1.165) is 32.6 Å². The zero-order chi connectivity index (χ0) is 15.0. The second kappa shape index (κ2) is 5.46. The van der Waals surface area contributed by atoms with Gasteiger partial charge in [0.15, 0.2) is 6.61 Å². The molecule has 0 aliphatic carbocycles. The Balaban J connectivity index is 2.07. The molecule has 0 unspecified atom stereocenters. The van der Waals surface area contributed by atoms with Crippen molar-refractivity contribution in [3.63, 3.8) is 0 Å². The highest BCUT2D eigenvalue weighted by Crippen LogP contribution is 2.37. The van der Waals surface area contributed by atoms with Gasteiger partial charge < -0.3 is 15.4 Å². The second-order valence-electron chi connectivity index (χ2n) is 4.83. The molecule has 1 aliphatic heterocycles. The lowest BCUT2D eigenvalue weighted by Gasteiger charge is -2.28. The van der Waals surface area contributed by atoms with Crippen molar-refractivity contribution < 1.29 is 9.53 Å². The number of fused-ring (bicyclic) bond motifs is 1. The highest BCUT2D eigenvalue weighted by Gasteiger charge is 2.25. The summed E-state index contributed by atoms with van der Waals surface area (Å²) < 4.78 is 5.49. The van der Waals surface area contributed by atoms with Gasteiger partial charge in [0.1, 0.15) is 10.8 Å². The lowest BCUT2D eigenvalue weighted by molar-refractivity contribution is -0.121. The number of likely N-dealkylation sites (N-methyl/N-ethyl adjacent to an activating group) is 1. The molecular formula is C15H17N3O2S. The van der Waals surface area contributed by atoms with Crippen LogP contribution < -0.4 is 15.4 Å². The van der Waals surface area contributed by atoms with Crippen molar-refractivity contribution in [3.05, 3.63) is 28.1 Å². The first-order valence-corrected chi connectivity index (χ1v) is 7.69. The SMILES string of the molecule is CCN1C(=O)COc2ccc(-c3nc(CN)sc3C)cc21. The number of nitrogens with two attached hydrogens (primary N) is 1. The molecule has 3 rings (SSSR count). The molecule has 2 aromatic rings. The van der Waals surface area contributed by atoms with E-state index in [-0.39, 0.29) is 12.5 Å². The summed E-state index contributed by atoms with van der Waals surface area (Å²) in [6.45, 7) is 5.17. The van der Waals surface area contributed by atoms with Gasteiger partial charge >= 0.3 is 0 Å². The highest BCUT2D eigenvalue weighted by molar-refractivity contribution is 7.12. The van der Waals surface area contributed by atoms with Crippen molar-refractivity contribution >= 4 is 22.9 Å². The fourth-order valence-corrected chi connectivity index (χ4v) is 3.34. The van der Waals surface area contributed by atoms with Crippen LogP contribution in [0.3, 0.4) is 0 Å². The Morgan fingerprint density at radius 3 is 2.95 bits per heavy atom. The molecule has 1 aromatic carbocycles. The van der Waals surface area contributed by atoms with E-state index in [9.17, 15) is 4.79 Å². The number of thiazole rings is 1. The Hall–Kier alpha value is -1.92. The van der Waals surface area contributed by atoms with Crippen LogP contribution >= 0.6 is 11.3 Å². The molecule has 0 bridgehead atoms. The monoisotopic (exact) mass is 303 g/mol. The van der Waals surface area contributed by atoms with Gasteiger partial charge in [0.2, 0.25) is 0 Å². The maximum absolute atomic E-state index is 11.9. The fourth-order valence-electron chi connectivity index (χ4n) is 2.50. The van der Waals surface area contributed by atoms with Crippen molar-refractivity contribution in [1.82, 2.24) is 4.98 Å². The van der Waals surface area contributed by atoms with E-state index in [1.54, 1.807) is 16.2 Å². The lowest BCUT2D eigenvalue weighted by atomic mass is 10.1. The van der Waals surface area contributed by atoms with Gasteiger partial charge in [-0.25, -0.2) is 4.98 Å². The number of hydrogen-bond donors (Lipinski definition) is 1. The number of amides is 1. The summed E-state index contributed by atoms with van der Waals surface area (Å²) in [5.41, 5.74) is 8.38. The van der Waals surface area contributed by atoms with Gasteiger partial charge in [0, 0.05) is 23.5 Å². The van der Waals surface area contributed by atoms with E-state index in [1.807, 2.05) is 32.0 Å². The first-order chi connectivity index (χ1) is 10.1. The number of carbonyl (C=O) groups is 1. The average Bonchev–Trinajstić information content (AvgIpc) is 2.88. The molecule has 1 aromatic heterocycles. The molecule has 0 atom stereocenters. The van der Waals surface area contributed by atoms with E-state index < -0.39 is 0 Å². The Morgan fingerprint density at radius 1 is 1.48 bits per heavy atom. The van der Waals surface area contributed by atoms with E-state index in [2.05, 4.69) is 4.98 Å². The summed E-state index contributed by atoms with van der Waals surface area (Å²) in [7, 11) is 0. The van der Waals surface area contributed by atoms with Gasteiger partial charge in [0.25, 0.3) is 5.91 Å². The molecule has 1 aliphatic rings. The number of hydrogen-bond acceptors (Lipinski definition) is 5. The van der Waals surface area contributed by atoms with Crippen LogP contribution in [0.4, 0.5) is 5.69 Å². The number of aryl methyl sites for hydroxylation is 1. The normalized spacial score (nSPS) is 14.0. The van der Waals surface area contributed by atoms with Crippen molar-refractivity contribution in [2.75, 3.05) is 18.1 Å². The van der Waals surface area contributed by atoms with E-state index >= 15 is 0 Å². The van der Waals surface area contributed by atoms with Gasteiger partial charge in [-0.2, -0.15) is 0 Å². The largest absolute Gasteiger partial charge is 0.482 e. The predicted molar refractivity (Wildman–Crippen MR) is 83.7 cm³/mol. The molecule has 6 heteroatoms. The van der Waals surface area contributed by atoms with Crippen LogP contribution in [-0.4, -0.2) is 24.0 Å². The average molecular weight is 303 g/mol. The van der Waals surface area contributed by atoms with Crippen molar-refractivity contribution in [1.29, 1.82) is 0 Å². The minimum atomic E-state index is -0.0141. The van der Waals surface area contributed by atoms with Crippen molar-refractivity contribution in [2.45, 2.75) is 20.4 Å². The molecule has 110 valence electrons. The zero-order valence-corrected chi connectivity index (χ0v) is 12.9. The Kier molecular flexibility index (Phi) is 3.65. The molecule has 5 nitrogen and oxygen atoms in total. The van der Waals surface area contributed by atoms with Crippen molar-refractivity contribution in [2.24, 2.45) is 5.73 Å². The molecule has 0 fully saturated rings. The van der Waals surface area contributed by atoms with Gasteiger partial charge in [-0.1, -0.05) is 0 Å². The maximum atomic E-state index is 11.9. The third-order valence-corrected chi connectivity index (χ3v) is 4.50. The smallest absolute Gasteiger partial charge is 0.265 e. The number of benzene rings is 1. The molecule has 0 saturated carbocycles. The summed E-state index contributed by atoms with van der Waals surface area (Å²) >= 11 is 1.61.